The van der Waals surface area contributed by atoms with Crippen molar-refractivity contribution in [3.8, 4) is 0 Å². The maximum atomic E-state index is 10.1. The molecule has 0 bridgehead atoms. The minimum atomic E-state index is 0.883. The maximum absolute atomic E-state index is 10.1. The summed E-state index contributed by atoms with van der Waals surface area (Å²) in [6, 6.07) is 0. The third-order valence-corrected chi connectivity index (χ3v) is 1.61. The number of carbonyl (C=O) groups excluding carboxylic acids is 1. The van der Waals surface area contributed by atoms with Crippen molar-refractivity contribution < 1.29 is 4.79 Å². The van der Waals surface area contributed by atoms with E-state index >= 15 is 0 Å². The highest BCUT2D eigenvalue weighted by Gasteiger charge is 1.91. The molecule has 0 rings (SSSR count). The van der Waals surface area contributed by atoms with Gasteiger partial charge in [0, 0.05) is 0 Å². The van der Waals surface area contributed by atoms with Crippen LogP contribution in [-0.2, 0) is 4.79 Å². The molecule has 0 heterocycles. The van der Waals surface area contributed by atoms with E-state index in [-0.39, 0.29) is 0 Å². The minimum Gasteiger partial charge on any atom is -0.299 e. The first-order valence-electron chi connectivity index (χ1n) is 3.98. The van der Waals surface area contributed by atoms with E-state index in [0.29, 0.717) is 0 Å². The van der Waals surface area contributed by atoms with Gasteiger partial charge >= 0.3 is 0 Å². The second-order valence-electron chi connectivity index (χ2n) is 2.42. The number of unbranched alkanes of at least 4 members (excludes halogenated alkanes) is 1. The van der Waals surface area contributed by atoms with Gasteiger partial charge < -0.3 is 0 Å². The van der Waals surface area contributed by atoms with Gasteiger partial charge in [0.15, 0.2) is 0 Å². The zero-order valence-corrected chi connectivity index (χ0v) is 6.89. The van der Waals surface area contributed by atoms with E-state index in [2.05, 4.69) is 13.8 Å². The SMILES string of the molecule is CCCC/C(=C\C=O)CC. The molecular formula is C9H16O. The monoisotopic (exact) mass is 140 g/mol. The van der Waals surface area contributed by atoms with Crippen molar-refractivity contribution in [2.75, 3.05) is 0 Å². The topological polar surface area (TPSA) is 17.1 Å². The first-order chi connectivity index (χ1) is 4.85. The molecule has 58 valence electrons. The summed E-state index contributed by atoms with van der Waals surface area (Å²) in [4.78, 5) is 10.1. The van der Waals surface area contributed by atoms with E-state index in [9.17, 15) is 4.79 Å². The fourth-order valence-electron chi connectivity index (χ4n) is 0.878. The Bertz CT molecular complexity index is 114. The average Bonchev–Trinajstić information content (AvgIpc) is 1.98. The van der Waals surface area contributed by atoms with Crippen molar-refractivity contribution in [3.63, 3.8) is 0 Å². The lowest BCUT2D eigenvalue weighted by atomic mass is 10.1. The van der Waals surface area contributed by atoms with Gasteiger partial charge in [0.25, 0.3) is 0 Å². The van der Waals surface area contributed by atoms with Crippen LogP contribution >= 0.6 is 0 Å². The molecule has 1 nitrogen and oxygen atoms in total. The fraction of sp³-hybridized carbons (Fsp3) is 0.667. The van der Waals surface area contributed by atoms with Gasteiger partial charge in [-0.05, 0) is 25.3 Å². The van der Waals surface area contributed by atoms with Gasteiger partial charge in [-0.15, -0.1) is 0 Å². The van der Waals surface area contributed by atoms with Gasteiger partial charge in [-0.25, -0.2) is 0 Å². The van der Waals surface area contributed by atoms with Gasteiger partial charge in [0.1, 0.15) is 6.29 Å². The summed E-state index contributed by atoms with van der Waals surface area (Å²) in [6.45, 7) is 4.25. The molecule has 1 heteroatoms. The van der Waals surface area contributed by atoms with E-state index < -0.39 is 0 Å². The Morgan fingerprint density at radius 2 is 2.10 bits per heavy atom. The number of hydrogen-bond acceptors (Lipinski definition) is 1. The second kappa shape index (κ2) is 6.53. The molecule has 0 aliphatic carbocycles. The van der Waals surface area contributed by atoms with E-state index in [1.807, 2.05) is 0 Å². The lowest BCUT2D eigenvalue weighted by Gasteiger charge is -1.99. The van der Waals surface area contributed by atoms with Crippen LogP contribution in [0.5, 0.6) is 0 Å². The molecule has 0 atom stereocenters. The minimum absolute atomic E-state index is 0.883. The van der Waals surface area contributed by atoms with Crippen molar-refractivity contribution in [3.05, 3.63) is 11.6 Å². The van der Waals surface area contributed by atoms with Crippen LogP contribution in [0.15, 0.2) is 11.6 Å². The molecule has 0 radical (unpaired) electrons. The van der Waals surface area contributed by atoms with Crippen LogP contribution in [0.2, 0.25) is 0 Å². The lowest BCUT2D eigenvalue weighted by Crippen LogP contribution is -1.82. The molecule has 0 aromatic carbocycles. The van der Waals surface area contributed by atoms with Gasteiger partial charge in [-0.2, -0.15) is 0 Å². The smallest absolute Gasteiger partial charge is 0.142 e. The molecule has 0 saturated heterocycles. The quantitative estimate of drug-likeness (QED) is 0.424. The summed E-state index contributed by atoms with van der Waals surface area (Å²) >= 11 is 0. The molecule has 0 N–H and O–H groups in total. The fourth-order valence-corrected chi connectivity index (χ4v) is 0.878. The first-order valence-corrected chi connectivity index (χ1v) is 3.98. The summed E-state index contributed by atoms with van der Waals surface area (Å²) in [7, 11) is 0. The van der Waals surface area contributed by atoms with E-state index in [1.165, 1.54) is 18.4 Å². The molecule has 0 aliphatic rings. The number of carbonyl (C=O) groups is 1. The predicted octanol–water partition coefficient (Wildman–Crippen LogP) is 2.71. The third-order valence-electron chi connectivity index (χ3n) is 1.61. The Kier molecular flexibility index (Phi) is 6.14. The summed E-state index contributed by atoms with van der Waals surface area (Å²) in [5, 5.41) is 0. The number of allylic oxidation sites excluding steroid dienone is 2. The van der Waals surface area contributed by atoms with Gasteiger partial charge in [-0.3, -0.25) is 4.79 Å². The zero-order valence-electron chi connectivity index (χ0n) is 6.89. The normalized spacial score (nSPS) is 11.6. The highest BCUT2D eigenvalue weighted by Crippen LogP contribution is 2.09. The largest absolute Gasteiger partial charge is 0.299 e. The number of hydrogen-bond donors (Lipinski definition) is 0. The highest BCUT2D eigenvalue weighted by molar-refractivity contribution is 5.66. The van der Waals surface area contributed by atoms with Gasteiger partial charge in [0.05, 0.1) is 0 Å². The summed E-state index contributed by atoms with van der Waals surface area (Å²) < 4.78 is 0. The predicted molar refractivity (Wildman–Crippen MR) is 44.0 cm³/mol. The van der Waals surface area contributed by atoms with Crippen LogP contribution in [0.25, 0.3) is 0 Å². The molecule has 0 amide bonds. The Hall–Kier alpha value is -0.590. The van der Waals surface area contributed by atoms with Crippen molar-refractivity contribution in [1.29, 1.82) is 0 Å². The van der Waals surface area contributed by atoms with Crippen molar-refractivity contribution >= 4 is 6.29 Å². The first kappa shape index (κ1) is 9.41. The molecule has 0 unspecified atom stereocenters. The molecule has 0 saturated carbocycles. The van der Waals surface area contributed by atoms with E-state index in [1.54, 1.807) is 6.08 Å². The molecule has 0 fully saturated rings. The Balaban J connectivity index is 3.59. The molecule has 0 aromatic heterocycles. The average molecular weight is 140 g/mol. The van der Waals surface area contributed by atoms with Crippen LogP contribution in [0.1, 0.15) is 39.5 Å². The number of rotatable bonds is 5. The van der Waals surface area contributed by atoms with Gasteiger partial charge in [0.2, 0.25) is 0 Å². The van der Waals surface area contributed by atoms with Crippen molar-refractivity contribution in [1.82, 2.24) is 0 Å². The Morgan fingerprint density at radius 1 is 1.40 bits per heavy atom. The van der Waals surface area contributed by atoms with Crippen LogP contribution in [-0.4, -0.2) is 6.29 Å². The standard InChI is InChI=1S/C9H16O/c1-3-5-6-9(4-2)7-8-10/h7-8H,3-6H2,1-2H3/b9-7-. The molecule has 0 aliphatic heterocycles. The summed E-state index contributed by atoms with van der Waals surface area (Å²) in [5.74, 6) is 0. The van der Waals surface area contributed by atoms with Crippen LogP contribution in [0.4, 0.5) is 0 Å². The summed E-state index contributed by atoms with van der Waals surface area (Å²) in [6.07, 6.45) is 7.08. The molecule has 0 spiro atoms. The number of aldehydes is 1. The second-order valence-corrected chi connectivity index (χ2v) is 2.42. The third kappa shape index (κ3) is 4.30. The van der Waals surface area contributed by atoms with Crippen molar-refractivity contribution in [2.24, 2.45) is 0 Å². The summed E-state index contributed by atoms with van der Waals surface area (Å²) in [5.41, 5.74) is 1.27. The maximum Gasteiger partial charge on any atom is 0.142 e. The van der Waals surface area contributed by atoms with Crippen LogP contribution < -0.4 is 0 Å². The van der Waals surface area contributed by atoms with Crippen molar-refractivity contribution in [2.45, 2.75) is 39.5 Å². The van der Waals surface area contributed by atoms with Crippen LogP contribution in [0, 0.1) is 0 Å². The Labute approximate surface area is 63.1 Å². The highest BCUT2D eigenvalue weighted by atomic mass is 16.1. The lowest BCUT2D eigenvalue weighted by molar-refractivity contribution is -0.104. The van der Waals surface area contributed by atoms with E-state index in [4.69, 9.17) is 0 Å². The zero-order chi connectivity index (χ0) is 7.82. The van der Waals surface area contributed by atoms with Crippen LogP contribution in [0.3, 0.4) is 0 Å². The Morgan fingerprint density at radius 3 is 2.50 bits per heavy atom. The molecular weight excluding hydrogens is 124 g/mol. The van der Waals surface area contributed by atoms with Gasteiger partial charge in [-0.1, -0.05) is 25.8 Å². The molecule has 0 aromatic rings. The van der Waals surface area contributed by atoms with E-state index in [0.717, 1.165) is 19.1 Å². The molecule has 10 heavy (non-hydrogen) atoms.